The molecule has 2 aromatic rings. The Morgan fingerprint density at radius 3 is 2.36 bits per heavy atom. The lowest BCUT2D eigenvalue weighted by Crippen LogP contribution is -2.38. The molecule has 0 radical (unpaired) electrons. The highest BCUT2D eigenvalue weighted by Crippen LogP contribution is 2.24. The molecule has 0 aliphatic rings. The molecule has 0 aromatic heterocycles. The molecule has 132 valence electrons. The Morgan fingerprint density at radius 1 is 1.08 bits per heavy atom. The lowest BCUT2D eigenvalue weighted by Gasteiger charge is -2.17. The summed E-state index contributed by atoms with van der Waals surface area (Å²) in [4.78, 5) is 24.3. The van der Waals surface area contributed by atoms with Gasteiger partial charge in [-0.2, -0.15) is 0 Å². The molecule has 0 heterocycles. The molecule has 2 aromatic carbocycles. The van der Waals surface area contributed by atoms with Crippen LogP contribution < -0.4 is 15.4 Å². The Labute approximate surface area is 148 Å². The molecule has 0 saturated carbocycles. The van der Waals surface area contributed by atoms with Crippen LogP contribution in [0.2, 0.25) is 0 Å². The van der Waals surface area contributed by atoms with Gasteiger partial charge in [-0.3, -0.25) is 9.59 Å². The van der Waals surface area contributed by atoms with Crippen molar-refractivity contribution in [2.75, 3.05) is 13.7 Å². The highest BCUT2D eigenvalue weighted by Gasteiger charge is 2.14. The second-order valence-corrected chi connectivity index (χ2v) is 6.09. The number of benzene rings is 2. The zero-order chi connectivity index (χ0) is 18.4. The molecule has 1 unspecified atom stereocenters. The van der Waals surface area contributed by atoms with Crippen LogP contribution in [-0.2, 0) is 4.79 Å². The minimum absolute atomic E-state index is 0.0781. The van der Waals surface area contributed by atoms with Crippen LogP contribution in [0.15, 0.2) is 42.5 Å². The molecule has 0 fully saturated rings. The zero-order valence-electron chi connectivity index (χ0n) is 15.1. The Hall–Kier alpha value is -2.82. The molecular formula is C20H24N2O3. The fourth-order valence-electron chi connectivity index (χ4n) is 2.76. The molecular weight excluding hydrogens is 316 g/mol. The SMILES string of the molecule is COc1ccccc1C(C)NC(=O)CNC(=O)c1cc(C)cc(C)c1. The average Bonchev–Trinajstić information content (AvgIpc) is 2.58. The summed E-state index contributed by atoms with van der Waals surface area (Å²) in [6.45, 7) is 5.67. The maximum absolute atomic E-state index is 12.2. The number of hydrogen-bond donors (Lipinski definition) is 2. The summed E-state index contributed by atoms with van der Waals surface area (Å²) in [7, 11) is 1.59. The second-order valence-electron chi connectivity index (χ2n) is 6.09. The highest BCUT2D eigenvalue weighted by atomic mass is 16.5. The molecule has 5 nitrogen and oxygen atoms in total. The van der Waals surface area contributed by atoms with Crippen LogP contribution in [0.1, 0.15) is 40.0 Å². The van der Waals surface area contributed by atoms with E-state index in [1.165, 1.54) is 0 Å². The average molecular weight is 340 g/mol. The van der Waals surface area contributed by atoms with Gasteiger partial charge >= 0.3 is 0 Å². The van der Waals surface area contributed by atoms with E-state index in [-0.39, 0.29) is 24.4 Å². The van der Waals surface area contributed by atoms with E-state index in [0.29, 0.717) is 5.56 Å². The van der Waals surface area contributed by atoms with Crippen molar-refractivity contribution in [3.63, 3.8) is 0 Å². The number of carbonyl (C=O) groups excluding carboxylic acids is 2. The monoisotopic (exact) mass is 340 g/mol. The summed E-state index contributed by atoms with van der Waals surface area (Å²) in [6.07, 6.45) is 0. The summed E-state index contributed by atoms with van der Waals surface area (Å²) in [5.74, 6) is 0.206. The van der Waals surface area contributed by atoms with Crippen LogP contribution in [0, 0.1) is 13.8 Å². The molecule has 0 saturated heterocycles. The van der Waals surface area contributed by atoms with Crippen LogP contribution >= 0.6 is 0 Å². The van der Waals surface area contributed by atoms with E-state index < -0.39 is 0 Å². The Balaban J connectivity index is 1.93. The molecule has 0 aliphatic carbocycles. The van der Waals surface area contributed by atoms with Crippen LogP contribution in [0.5, 0.6) is 5.75 Å². The molecule has 0 aliphatic heterocycles. The van der Waals surface area contributed by atoms with Crippen LogP contribution in [-0.4, -0.2) is 25.5 Å². The number of carbonyl (C=O) groups is 2. The first-order valence-corrected chi connectivity index (χ1v) is 8.19. The number of nitrogens with one attached hydrogen (secondary N) is 2. The van der Waals surface area contributed by atoms with E-state index in [1.807, 2.05) is 51.1 Å². The van der Waals surface area contributed by atoms with Crippen LogP contribution in [0.4, 0.5) is 0 Å². The lowest BCUT2D eigenvalue weighted by molar-refractivity contribution is -0.120. The third-order valence-corrected chi connectivity index (χ3v) is 3.88. The number of aryl methyl sites for hydroxylation is 2. The molecule has 2 N–H and O–H groups in total. The van der Waals surface area contributed by atoms with Gasteiger partial charge in [0.05, 0.1) is 19.7 Å². The first kappa shape index (κ1) is 18.5. The quantitative estimate of drug-likeness (QED) is 0.850. The summed E-state index contributed by atoms with van der Waals surface area (Å²) in [5, 5.41) is 5.52. The van der Waals surface area contributed by atoms with Crippen molar-refractivity contribution in [3.05, 3.63) is 64.7 Å². The largest absolute Gasteiger partial charge is 0.496 e. The number of ether oxygens (including phenoxy) is 1. The molecule has 5 heteroatoms. The standard InChI is InChI=1S/C20H24N2O3/c1-13-9-14(2)11-16(10-13)20(24)21-12-19(23)22-15(3)17-7-5-6-8-18(17)25-4/h5-11,15H,12H2,1-4H3,(H,21,24)(H,22,23). The van der Waals surface area contributed by atoms with Gasteiger partial charge in [0.2, 0.25) is 5.91 Å². The van der Waals surface area contributed by atoms with Crippen molar-refractivity contribution in [1.82, 2.24) is 10.6 Å². The minimum Gasteiger partial charge on any atom is -0.496 e. The van der Waals surface area contributed by atoms with Crippen LogP contribution in [0.3, 0.4) is 0 Å². The first-order chi connectivity index (χ1) is 11.9. The van der Waals surface area contributed by atoms with Gasteiger partial charge in [-0.15, -0.1) is 0 Å². The van der Waals surface area contributed by atoms with Gasteiger partial charge < -0.3 is 15.4 Å². The molecule has 2 amide bonds. The van der Waals surface area contributed by atoms with Gasteiger partial charge in [0.15, 0.2) is 0 Å². The fraction of sp³-hybridized carbons (Fsp3) is 0.300. The molecule has 0 bridgehead atoms. The predicted molar refractivity (Wildman–Crippen MR) is 97.8 cm³/mol. The van der Waals surface area contributed by atoms with Gasteiger partial charge in [-0.1, -0.05) is 35.4 Å². The second kappa shape index (κ2) is 8.33. The summed E-state index contributed by atoms with van der Waals surface area (Å²) in [6, 6.07) is 12.9. The predicted octanol–water partition coefficient (Wildman–Crippen LogP) is 2.92. The van der Waals surface area contributed by atoms with E-state index in [0.717, 1.165) is 22.4 Å². The zero-order valence-corrected chi connectivity index (χ0v) is 15.1. The van der Waals surface area contributed by atoms with Crippen molar-refractivity contribution in [1.29, 1.82) is 0 Å². The summed E-state index contributed by atoms with van der Waals surface area (Å²) < 4.78 is 5.31. The molecule has 1 atom stereocenters. The summed E-state index contributed by atoms with van der Waals surface area (Å²) >= 11 is 0. The van der Waals surface area contributed by atoms with Crippen molar-refractivity contribution < 1.29 is 14.3 Å². The minimum atomic E-state index is -0.258. The topological polar surface area (TPSA) is 67.4 Å². The number of para-hydroxylation sites is 1. The molecule has 0 spiro atoms. The van der Waals surface area contributed by atoms with Crippen LogP contribution in [0.25, 0.3) is 0 Å². The maximum Gasteiger partial charge on any atom is 0.251 e. The number of hydrogen-bond acceptors (Lipinski definition) is 3. The fourth-order valence-corrected chi connectivity index (χ4v) is 2.76. The molecule has 2 rings (SSSR count). The summed E-state index contributed by atoms with van der Waals surface area (Å²) in [5.41, 5.74) is 3.47. The third-order valence-electron chi connectivity index (χ3n) is 3.88. The smallest absolute Gasteiger partial charge is 0.251 e. The highest BCUT2D eigenvalue weighted by molar-refractivity contribution is 5.96. The maximum atomic E-state index is 12.2. The van der Waals surface area contributed by atoms with Crippen molar-refractivity contribution in [3.8, 4) is 5.75 Å². The Bertz CT molecular complexity index is 751. The first-order valence-electron chi connectivity index (χ1n) is 8.19. The van der Waals surface area contributed by atoms with Gasteiger partial charge in [-0.25, -0.2) is 0 Å². The van der Waals surface area contributed by atoms with E-state index in [1.54, 1.807) is 19.2 Å². The third kappa shape index (κ3) is 5.08. The Kier molecular flexibility index (Phi) is 6.17. The number of methoxy groups -OCH3 is 1. The van der Waals surface area contributed by atoms with E-state index in [2.05, 4.69) is 10.6 Å². The normalized spacial score (nSPS) is 11.5. The van der Waals surface area contributed by atoms with Crippen molar-refractivity contribution >= 4 is 11.8 Å². The van der Waals surface area contributed by atoms with E-state index in [4.69, 9.17) is 4.74 Å². The van der Waals surface area contributed by atoms with Gasteiger partial charge in [0, 0.05) is 11.1 Å². The van der Waals surface area contributed by atoms with Crippen molar-refractivity contribution in [2.45, 2.75) is 26.8 Å². The number of rotatable bonds is 6. The van der Waals surface area contributed by atoms with Crippen molar-refractivity contribution in [2.24, 2.45) is 0 Å². The molecule has 25 heavy (non-hydrogen) atoms. The number of amides is 2. The lowest BCUT2D eigenvalue weighted by atomic mass is 10.1. The van der Waals surface area contributed by atoms with E-state index >= 15 is 0 Å². The van der Waals surface area contributed by atoms with Gasteiger partial charge in [-0.05, 0) is 39.0 Å². The Morgan fingerprint density at radius 2 is 1.72 bits per heavy atom. The van der Waals surface area contributed by atoms with E-state index in [9.17, 15) is 9.59 Å². The van der Waals surface area contributed by atoms with Gasteiger partial charge in [0.25, 0.3) is 5.91 Å². The van der Waals surface area contributed by atoms with Gasteiger partial charge in [0.1, 0.15) is 5.75 Å².